The van der Waals surface area contributed by atoms with Crippen molar-refractivity contribution < 1.29 is 5.11 Å². The van der Waals surface area contributed by atoms with Crippen molar-refractivity contribution in [3.05, 3.63) is 23.9 Å². The fraction of sp³-hybridized carbons (Fsp3) is 0.125. The molecule has 13 heavy (non-hydrogen) atoms. The molecule has 4 N–H and O–H groups in total. The van der Waals surface area contributed by atoms with E-state index < -0.39 is 0 Å². The number of aliphatic hydroxyl groups is 1. The number of anilines is 1. The molecule has 0 saturated heterocycles. The van der Waals surface area contributed by atoms with Crippen LogP contribution in [0.4, 0.5) is 5.69 Å². The average molecular weight is 200 g/mol. The minimum absolute atomic E-state index is 0. The van der Waals surface area contributed by atoms with Crippen LogP contribution in [0.5, 0.6) is 0 Å². The third kappa shape index (κ3) is 1.59. The van der Waals surface area contributed by atoms with Gasteiger partial charge in [-0.15, -0.1) is 12.4 Å². The molecule has 0 atom stereocenters. The molecule has 0 aliphatic carbocycles. The lowest BCUT2D eigenvalue weighted by Gasteiger charge is -1.92. The molecule has 0 aliphatic heterocycles. The Bertz CT molecular complexity index is 413. The molecular formula is C8H10ClN3O. The molecule has 1 heterocycles. The first-order chi connectivity index (χ1) is 5.81. The highest BCUT2D eigenvalue weighted by atomic mass is 35.5. The normalized spacial score (nSPS) is 9.92. The lowest BCUT2D eigenvalue weighted by molar-refractivity contribution is 0.278. The molecule has 0 saturated carbocycles. The molecule has 0 bridgehead atoms. The molecule has 70 valence electrons. The summed E-state index contributed by atoms with van der Waals surface area (Å²) in [6, 6.07) is 5.40. The van der Waals surface area contributed by atoms with Crippen LogP contribution >= 0.6 is 12.4 Å². The van der Waals surface area contributed by atoms with Gasteiger partial charge >= 0.3 is 0 Å². The monoisotopic (exact) mass is 199 g/mol. The number of hydrogen-bond acceptors (Lipinski definition) is 3. The Hall–Kier alpha value is -1.26. The summed E-state index contributed by atoms with van der Waals surface area (Å²) in [6.07, 6.45) is 0. The van der Waals surface area contributed by atoms with Crippen molar-refractivity contribution in [2.24, 2.45) is 0 Å². The van der Waals surface area contributed by atoms with Crippen molar-refractivity contribution in [3.63, 3.8) is 0 Å². The standard InChI is InChI=1S/C8H9N3O.ClH/c9-5-1-2-6-7(3-5)10-11-8(6)4-12;/h1-3,12H,4,9H2,(H,10,11);1H. The summed E-state index contributed by atoms with van der Waals surface area (Å²) in [7, 11) is 0. The highest BCUT2D eigenvalue weighted by Crippen LogP contribution is 2.18. The van der Waals surface area contributed by atoms with E-state index in [0.717, 1.165) is 16.6 Å². The number of H-pyrrole nitrogens is 1. The van der Waals surface area contributed by atoms with Gasteiger partial charge in [-0.2, -0.15) is 5.10 Å². The third-order valence-electron chi connectivity index (χ3n) is 1.82. The molecule has 2 rings (SSSR count). The number of hydrogen-bond donors (Lipinski definition) is 3. The summed E-state index contributed by atoms with van der Waals surface area (Å²) >= 11 is 0. The molecule has 0 fully saturated rings. The Labute approximate surface area is 81.2 Å². The highest BCUT2D eigenvalue weighted by molar-refractivity contribution is 5.85. The Morgan fingerprint density at radius 2 is 2.23 bits per heavy atom. The lowest BCUT2D eigenvalue weighted by atomic mass is 10.2. The lowest BCUT2D eigenvalue weighted by Crippen LogP contribution is -1.84. The summed E-state index contributed by atoms with van der Waals surface area (Å²) in [5.41, 5.74) is 7.75. The van der Waals surface area contributed by atoms with Crippen molar-refractivity contribution in [1.29, 1.82) is 0 Å². The van der Waals surface area contributed by atoms with E-state index in [1.165, 1.54) is 0 Å². The zero-order valence-corrected chi connectivity index (χ0v) is 7.64. The van der Waals surface area contributed by atoms with Gasteiger partial charge in [-0.3, -0.25) is 5.10 Å². The summed E-state index contributed by atoms with van der Waals surface area (Å²) in [5.74, 6) is 0. The highest BCUT2D eigenvalue weighted by Gasteiger charge is 2.02. The van der Waals surface area contributed by atoms with Gasteiger partial charge in [0.05, 0.1) is 17.8 Å². The van der Waals surface area contributed by atoms with E-state index >= 15 is 0 Å². The van der Waals surface area contributed by atoms with Crippen molar-refractivity contribution in [2.45, 2.75) is 6.61 Å². The Morgan fingerprint density at radius 1 is 1.46 bits per heavy atom. The number of rotatable bonds is 1. The van der Waals surface area contributed by atoms with Gasteiger partial charge in [-0.1, -0.05) is 0 Å². The first-order valence-corrected chi connectivity index (χ1v) is 3.64. The van der Waals surface area contributed by atoms with Crippen molar-refractivity contribution in [1.82, 2.24) is 10.2 Å². The zero-order valence-electron chi connectivity index (χ0n) is 6.82. The summed E-state index contributed by atoms with van der Waals surface area (Å²) in [4.78, 5) is 0. The summed E-state index contributed by atoms with van der Waals surface area (Å²) in [6.45, 7) is -0.0274. The molecule has 0 unspecified atom stereocenters. The molecule has 0 aliphatic rings. The maximum absolute atomic E-state index is 8.89. The van der Waals surface area contributed by atoms with E-state index in [9.17, 15) is 0 Å². The van der Waals surface area contributed by atoms with Crippen LogP contribution in [0.1, 0.15) is 5.69 Å². The maximum atomic E-state index is 8.89. The van der Waals surface area contributed by atoms with Gasteiger partial charge in [0.25, 0.3) is 0 Å². The number of halogens is 1. The second-order valence-electron chi connectivity index (χ2n) is 2.64. The second-order valence-corrected chi connectivity index (χ2v) is 2.64. The van der Waals surface area contributed by atoms with Crippen LogP contribution in [0.3, 0.4) is 0 Å². The largest absolute Gasteiger partial charge is 0.399 e. The second kappa shape index (κ2) is 3.64. The van der Waals surface area contributed by atoms with Crippen LogP contribution in [-0.2, 0) is 6.61 Å². The number of nitrogen functional groups attached to an aromatic ring is 1. The predicted octanol–water partition coefficient (Wildman–Crippen LogP) is 1.06. The SMILES string of the molecule is Cl.Nc1ccc2c(CO)[nH]nc2c1. The Balaban J connectivity index is 0.000000845. The smallest absolute Gasteiger partial charge is 0.0945 e. The molecule has 1 aromatic carbocycles. The van der Waals surface area contributed by atoms with Gasteiger partial charge in [0, 0.05) is 11.1 Å². The fourth-order valence-electron chi connectivity index (χ4n) is 1.20. The van der Waals surface area contributed by atoms with Crippen LogP contribution in [0.25, 0.3) is 10.9 Å². The zero-order chi connectivity index (χ0) is 8.55. The summed E-state index contributed by atoms with van der Waals surface area (Å²) in [5, 5.41) is 16.5. The average Bonchev–Trinajstić information content (AvgIpc) is 2.46. The van der Waals surface area contributed by atoms with Gasteiger partial charge in [-0.05, 0) is 18.2 Å². The van der Waals surface area contributed by atoms with E-state index in [1.54, 1.807) is 12.1 Å². The van der Waals surface area contributed by atoms with Crippen molar-refractivity contribution in [2.75, 3.05) is 5.73 Å². The first-order valence-electron chi connectivity index (χ1n) is 3.64. The number of fused-ring (bicyclic) bond motifs is 1. The number of nitrogens with zero attached hydrogens (tertiary/aromatic N) is 1. The molecule has 2 aromatic rings. The van der Waals surface area contributed by atoms with E-state index in [2.05, 4.69) is 10.2 Å². The molecule has 1 aromatic heterocycles. The van der Waals surface area contributed by atoms with Crippen LogP contribution < -0.4 is 5.73 Å². The minimum atomic E-state index is -0.0274. The minimum Gasteiger partial charge on any atom is -0.399 e. The van der Waals surface area contributed by atoms with Crippen molar-refractivity contribution in [3.8, 4) is 0 Å². The van der Waals surface area contributed by atoms with Gasteiger partial charge < -0.3 is 10.8 Å². The molecular weight excluding hydrogens is 190 g/mol. The maximum Gasteiger partial charge on any atom is 0.0945 e. The summed E-state index contributed by atoms with van der Waals surface area (Å²) < 4.78 is 0. The Morgan fingerprint density at radius 3 is 2.92 bits per heavy atom. The van der Waals surface area contributed by atoms with E-state index in [-0.39, 0.29) is 19.0 Å². The van der Waals surface area contributed by atoms with Gasteiger partial charge in [0.15, 0.2) is 0 Å². The van der Waals surface area contributed by atoms with Crippen LogP contribution in [0.2, 0.25) is 0 Å². The number of aromatic amines is 1. The number of benzene rings is 1. The van der Waals surface area contributed by atoms with Gasteiger partial charge in [0.1, 0.15) is 0 Å². The molecule has 0 radical (unpaired) electrons. The molecule has 4 nitrogen and oxygen atoms in total. The molecule has 0 spiro atoms. The third-order valence-corrected chi connectivity index (χ3v) is 1.82. The number of nitrogens with one attached hydrogen (secondary N) is 1. The van der Waals surface area contributed by atoms with E-state index in [0.29, 0.717) is 5.69 Å². The van der Waals surface area contributed by atoms with Crippen LogP contribution in [-0.4, -0.2) is 15.3 Å². The van der Waals surface area contributed by atoms with Crippen LogP contribution in [0.15, 0.2) is 18.2 Å². The predicted molar refractivity (Wildman–Crippen MR) is 53.7 cm³/mol. The molecule has 0 amide bonds. The quantitative estimate of drug-likeness (QED) is 0.602. The van der Waals surface area contributed by atoms with E-state index in [1.807, 2.05) is 6.07 Å². The number of nitrogens with two attached hydrogens (primary N) is 1. The van der Waals surface area contributed by atoms with Crippen molar-refractivity contribution >= 4 is 29.0 Å². The van der Waals surface area contributed by atoms with E-state index in [4.69, 9.17) is 10.8 Å². The van der Waals surface area contributed by atoms with Gasteiger partial charge in [0.2, 0.25) is 0 Å². The molecule has 5 heteroatoms. The topological polar surface area (TPSA) is 74.9 Å². The number of aliphatic hydroxyl groups excluding tert-OH is 1. The fourth-order valence-corrected chi connectivity index (χ4v) is 1.20. The first kappa shape index (κ1) is 9.83. The number of aromatic nitrogens is 2. The van der Waals surface area contributed by atoms with Crippen LogP contribution in [0, 0.1) is 0 Å². The Kier molecular flexibility index (Phi) is 2.75. The van der Waals surface area contributed by atoms with Gasteiger partial charge in [-0.25, -0.2) is 0 Å².